The zero-order valence-electron chi connectivity index (χ0n) is 20.8. The maximum Gasteiger partial charge on any atom is 0.534 e. The van der Waals surface area contributed by atoms with Gasteiger partial charge < -0.3 is 13.7 Å². The van der Waals surface area contributed by atoms with Gasteiger partial charge in [-0.05, 0) is 85.3 Å². The largest absolute Gasteiger partial charge is 0.534 e. The summed E-state index contributed by atoms with van der Waals surface area (Å²) >= 11 is 0. The lowest BCUT2D eigenvalue weighted by molar-refractivity contribution is -0.210. The van der Waals surface area contributed by atoms with E-state index in [0.717, 1.165) is 44.1 Å². The molecule has 5 fully saturated rings. The van der Waals surface area contributed by atoms with Gasteiger partial charge in [-0.1, -0.05) is 19.1 Å². The number of halogens is 3. The molecule has 1 spiro atoms. The van der Waals surface area contributed by atoms with Gasteiger partial charge >= 0.3 is 15.6 Å². The van der Waals surface area contributed by atoms with E-state index in [0.29, 0.717) is 61.4 Å². The van der Waals surface area contributed by atoms with Crippen molar-refractivity contribution in [1.29, 1.82) is 0 Å². The molecule has 7 atom stereocenters. The maximum absolute atomic E-state index is 13.1. The molecule has 1 aromatic carbocycles. The van der Waals surface area contributed by atoms with E-state index in [4.69, 9.17) is 9.47 Å². The number of benzene rings is 1. The number of ether oxygens (including phenoxy) is 2. The average molecular weight is 543 g/mol. The summed E-state index contributed by atoms with van der Waals surface area (Å²) in [5.41, 5.74) is -4.96. The Kier molecular flexibility index (Phi) is 6.01. The first-order valence-corrected chi connectivity index (χ1v) is 14.8. The van der Waals surface area contributed by atoms with Crippen LogP contribution in [0.4, 0.5) is 13.2 Å². The predicted octanol–water partition coefficient (Wildman–Crippen LogP) is 5.57. The van der Waals surface area contributed by atoms with Crippen molar-refractivity contribution >= 4 is 15.9 Å². The lowest BCUT2D eigenvalue weighted by Crippen LogP contribution is -2.53. The highest BCUT2D eigenvalue weighted by molar-refractivity contribution is 7.88. The minimum absolute atomic E-state index is 0.0637. The third-order valence-electron chi connectivity index (χ3n) is 10.3. The fourth-order valence-corrected chi connectivity index (χ4v) is 9.23. The first-order chi connectivity index (χ1) is 17.4. The number of carbonyl (C=O) groups excluding carboxylic acids is 1. The van der Waals surface area contributed by atoms with E-state index < -0.39 is 26.8 Å². The summed E-state index contributed by atoms with van der Waals surface area (Å²) in [6, 6.07) is 5.97. The van der Waals surface area contributed by atoms with Crippen LogP contribution in [0.5, 0.6) is 5.75 Å². The van der Waals surface area contributed by atoms with Gasteiger partial charge in [0.05, 0.1) is 13.2 Å². The Morgan fingerprint density at radius 1 is 0.973 bits per heavy atom. The van der Waals surface area contributed by atoms with Gasteiger partial charge in [0.15, 0.2) is 5.79 Å². The number of hydrogen-bond acceptors (Lipinski definition) is 6. The van der Waals surface area contributed by atoms with E-state index in [9.17, 15) is 26.4 Å². The molecule has 4 aliphatic carbocycles. The Bertz CT molecular complexity index is 1160. The van der Waals surface area contributed by atoms with Gasteiger partial charge in [-0.3, -0.25) is 4.79 Å². The van der Waals surface area contributed by atoms with Crippen LogP contribution < -0.4 is 4.18 Å². The molecule has 0 bridgehead atoms. The molecule has 0 amide bonds. The van der Waals surface area contributed by atoms with Gasteiger partial charge in [0.1, 0.15) is 11.5 Å². The Balaban J connectivity index is 1.31. The van der Waals surface area contributed by atoms with E-state index in [-0.39, 0.29) is 11.7 Å². The highest BCUT2D eigenvalue weighted by Crippen LogP contribution is 2.66. The van der Waals surface area contributed by atoms with Crippen LogP contribution in [-0.4, -0.2) is 38.7 Å². The lowest BCUT2D eigenvalue weighted by atomic mass is 9.46. The molecule has 0 radical (unpaired) electrons. The molecule has 1 heterocycles. The summed E-state index contributed by atoms with van der Waals surface area (Å²) < 4.78 is 77.7. The molecule has 10 heteroatoms. The normalized spacial score (nSPS) is 39.2. The Hall–Kier alpha value is -1.65. The second-order valence-corrected chi connectivity index (χ2v) is 13.5. The van der Waals surface area contributed by atoms with Crippen LogP contribution in [-0.2, 0) is 24.4 Å². The second kappa shape index (κ2) is 8.68. The zero-order valence-corrected chi connectivity index (χ0v) is 21.7. The van der Waals surface area contributed by atoms with Crippen molar-refractivity contribution in [1.82, 2.24) is 0 Å². The number of ketones is 1. The standard InChI is InChI=1S/C27H33F3O6S/c1-25-15-21(16-2-5-18(6-3-16)36-37(32,33)27(28,29)30)24-19-10-11-26(34-12-13-35-26)14-17(19)4-7-20(24)22(25)8-9-23(25)31/h2-3,5-6,17,19-22,24H,4,7-15H2,1H3/t17-,19-,20-,21+,22-,24+,25-/m0/s1. The summed E-state index contributed by atoms with van der Waals surface area (Å²) in [4.78, 5) is 13.1. The van der Waals surface area contributed by atoms with Crippen molar-refractivity contribution in [2.75, 3.05) is 13.2 Å². The molecule has 6 rings (SSSR count). The lowest BCUT2D eigenvalue weighted by Gasteiger charge is -2.58. The van der Waals surface area contributed by atoms with E-state index >= 15 is 0 Å². The third kappa shape index (κ3) is 4.13. The first kappa shape index (κ1) is 25.6. The average Bonchev–Trinajstić information content (AvgIpc) is 3.41. The van der Waals surface area contributed by atoms with Gasteiger partial charge in [0.2, 0.25) is 0 Å². The van der Waals surface area contributed by atoms with Crippen LogP contribution in [0.3, 0.4) is 0 Å². The van der Waals surface area contributed by atoms with E-state index in [1.807, 2.05) is 0 Å². The van der Waals surface area contributed by atoms with Crippen LogP contribution >= 0.6 is 0 Å². The monoisotopic (exact) mass is 542 g/mol. The topological polar surface area (TPSA) is 78.9 Å². The SMILES string of the molecule is C[C@]12C[C@H](c3ccc(OS(=O)(=O)C(F)(F)F)cc3)[C@H]3[C@@H](CC[C@H]4CC5(CC[C@@H]43)OCCO5)[C@@H]1CCC2=O. The summed E-state index contributed by atoms with van der Waals surface area (Å²) in [5, 5.41) is 0. The van der Waals surface area contributed by atoms with Crippen molar-refractivity contribution in [3.8, 4) is 5.75 Å². The van der Waals surface area contributed by atoms with Crippen LogP contribution in [0.2, 0.25) is 0 Å². The third-order valence-corrected chi connectivity index (χ3v) is 11.3. The minimum atomic E-state index is -5.73. The highest BCUT2D eigenvalue weighted by Gasteiger charge is 2.61. The second-order valence-electron chi connectivity index (χ2n) is 11.9. The summed E-state index contributed by atoms with van der Waals surface area (Å²) in [6.07, 6.45) is 7.12. The fraction of sp³-hybridized carbons (Fsp3) is 0.741. The summed E-state index contributed by atoms with van der Waals surface area (Å²) in [5.74, 6) is 1.61. The molecule has 204 valence electrons. The molecule has 6 nitrogen and oxygen atoms in total. The molecule has 1 saturated heterocycles. The van der Waals surface area contributed by atoms with Gasteiger partial charge in [-0.2, -0.15) is 21.6 Å². The smallest absolute Gasteiger partial charge is 0.376 e. The van der Waals surface area contributed by atoms with Crippen molar-refractivity contribution in [3.63, 3.8) is 0 Å². The van der Waals surface area contributed by atoms with Crippen molar-refractivity contribution in [2.24, 2.45) is 35.0 Å². The van der Waals surface area contributed by atoms with E-state index in [1.54, 1.807) is 12.1 Å². The molecular weight excluding hydrogens is 509 g/mol. The van der Waals surface area contributed by atoms with Crippen LogP contribution in [0, 0.1) is 35.0 Å². The zero-order chi connectivity index (χ0) is 26.2. The fourth-order valence-electron chi connectivity index (χ4n) is 8.77. The van der Waals surface area contributed by atoms with Crippen molar-refractivity contribution < 1.29 is 40.0 Å². The Morgan fingerprint density at radius 3 is 2.35 bits per heavy atom. The van der Waals surface area contributed by atoms with Crippen LogP contribution in [0.15, 0.2) is 24.3 Å². The van der Waals surface area contributed by atoms with Crippen molar-refractivity contribution in [2.45, 2.75) is 75.5 Å². The van der Waals surface area contributed by atoms with E-state index in [1.165, 1.54) is 12.1 Å². The molecule has 1 aliphatic heterocycles. The molecule has 1 aromatic rings. The number of alkyl halides is 3. The molecule has 4 saturated carbocycles. The number of carbonyl (C=O) groups is 1. The van der Waals surface area contributed by atoms with Gasteiger partial charge in [0, 0.05) is 24.7 Å². The van der Waals surface area contributed by atoms with E-state index in [2.05, 4.69) is 11.1 Å². The quantitative estimate of drug-likeness (QED) is 0.367. The molecule has 37 heavy (non-hydrogen) atoms. The number of rotatable bonds is 3. The van der Waals surface area contributed by atoms with Crippen LogP contribution in [0.1, 0.15) is 69.8 Å². The van der Waals surface area contributed by atoms with Crippen molar-refractivity contribution in [3.05, 3.63) is 29.8 Å². The number of hydrogen-bond donors (Lipinski definition) is 0. The van der Waals surface area contributed by atoms with Crippen LogP contribution in [0.25, 0.3) is 0 Å². The van der Waals surface area contributed by atoms with Gasteiger partial charge in [-0.15, -0.1) is 0 Å². The molecular formula is C27H33F3O6S. The highest BCUT2D eigenvalue weighted by atomic mass is 32.2. The molecule has 5 aliphatic rings. The summed E-state index contributed by atoms with van der Waals surface area (Å²) in [7, 11) is -5.73. The van der Waals surface area contributed by atoms with Gasteiger partial charge in [-0.25, -0.2) is 0 Å². The molecule has 0 aromatic heterocycles. The maximum atomic E-state index is 13.1. The van der Waals surface area contributed by atoms with Gasteiger partial charge in [0.25, 0.3) is 0 Å². The Morgan fingerprint density at radius 2 is 1.68 bits per heavy atom. The molecule has 0 unspecified atom stereocenters. The Labute approximate surface area is 215 Å². The predicted molar refractivity (Wildman–Crippen MR) is 127 cm³/mol. The summed E-state index contributed by atoms with van der Waals surface area (Å²) in [6.45, 7) is 3.37. The number of fused-ring (bicyclic) bond motifs is 5. The minimum Gasteiger partial charge on any atom is -0.376 e. The molecule has 0 N–H and O–H groups in total. The number of Topliss-reactive ketones (excluding diaryl/α,β-unsaturated/α-hetero) is 1. The first-order valence-electron chi connectivity index (χ1n) is 13.3.